The maximum absolute atomic E-state index is 5.95. The zero-order valence-corrected chi connectivity index (χ0v) is 21.2. The van der Waals surface area contributed by atoms with Gasteiger partial charge in [0, 0.05) is 11.8 Å². The van der Waals surface area contributed by atoms with Crippen LogP contribution in [0, 0.1) is 11.8 Å². The zero-order chi connectivity index (χ0) is 24.4. The molecule has 4 heteroatoms. The second-order valence-corrected chi connectivity index (χ2v) is 10.1. The number of hydrogen-bond acceptors (Lipinski definition) is 4. The first-order valence-electron chi connectivity index (χ1n) is 13.6. The highest BCUT2D eigenvalue weighted by atomic mass is 16.5. The topological polar surface area (TPSA) is 36.9 Å². The lowest BCUT2D eigenvalue weighted by molar-refractivity contribution is -0.0367. The van der Waals surface area contributed by atoms with Gasteiger partial charge in [-0.15, -0.1) is 0 Å². The van der Waals surface area contributed by atoms with Crippen molar-refractivity contribution < 1.29 is 18.9 Å². The van der Waals surface area contributed by atoms with Crippen molar-refractivity contribution >= 4 is 0 Å². The Hall–Kier alpha value is -2.82. The number of rotatable bonds is 14. The van der Waals surface area contributed by atoms with Gasteiger partial charge in [-0.3, -0.25) is 0 Å². The summed E-state index contributed by atoms with van der Waals surface area (Å²) in [6, 6.07) is 25.6. The molecule has 2 saturated heterocycles. The van der Waals surface area contributed by atoms with Crippen molar-refractivity contribution in [3.63, 3.8) is 0 Å². The first-order valence-corrected chi connectivity index (χ1v) is 13.6. The molecule has 2 fully saturated rings. The summed E-state index contributed by atoms with van der Waals surface area (Å²) >= 11 is 0. The SMILES string of the molecule is c1cc(-c2ccc(OCCCCC3COC3)cc2)cc(-c2ccc(OCCCCC3COC3)cc2)c1. The molecule has 2 aliphatic rings. The Morgan fingerprint density at radius 1 is 0.528 bits per heavy atom. The van der Waals surface area contributed by atoms with Gasteiger partial charge in [-0.25, -0.2) is 0 Å². The van der Waals surface area contributed by atoms with E-state index >= 15 is 0 Å². The fraction of sp³-hybridized carbons (Fsp3) is 0.438. The van der Waals surface area contributed by atoms with Crippen molar-refractivity contribution in [1.29, 1.82) is 0 Å². The quantitative estimate of drug-likeness (QED) is 0.222. The Kier molecular flexibility index (Phi) is 8.93. The zero-order valence-electron chi connectivity index (χ0n) is 21.2. The van der Waals surface area contributed by atoms with Gasteiger partial charge in [0.05, 0.1) is 39.6 Å². The van der Waals surface area contributed by atoms with E-state index in [0.717, 1.165) is 75.8 Å². The van der Waals surface area contributed by atoms with Crippen molar-refractivity contribution in [1.82, 2.24) is 0 Å². The van der Waals surface area contributed by atoms with E-state index in [4.69, 9.17) is 18.9 Å². The molecule has 2 aliphatic heterocycles. The van der Waals surface area contributed by atoms with Crippen molar-refractivity contribution in [2.45, 2.75) is 38.5 Å². The molecule has 0 bridgehead atoms. The molecule has 3 aromatic rings. The second-order valence-electron chi connectivity index (χ2n) is 10.1. The van der Waals surface area contributed by atoms with Gasteiger partial charge in [-0.1, -0.05) is 42.5 Å². The molecule has 190 valence electrons. The van der Waals surface area contributed by atoms with Crippen LogP contribution in [0.25, 0.3) is 22.3 Å². The van der Waals surface area contributed by atoms with E-state index in [1.165, 1.54) is 47.9 Å². The fourth-order valence-electron chi connectivity index (χ4n) is 4.72. The first kappa shape index (κ1) is 24.9. The summed E-state index contributed by atoms with van der Waals surface area (Å²) in [6.45, 7) is 5.33. The Morgan fingerprint density at radius 2 is 0.972 bits per heavy atom. The Bertz CT molecular complexity index is 970. The average molecular weight is 487 g/mol. The lowest BCUT2D eigenvalue weighted by Gasteiger charge is -2.25. The third-order valence-corrected chi connectivity index (χ3v) is 7.20. The van der Waals surface area contributed by atoms with Gasteiger partial charge in [0.25, 0.3) is 0 Å². The standard InChI is InChI=1S/C32H38O4/c1(6-25-21-33-22-25)3-18-35-31-14-10-27(11-15-31)29-8-5-9-30(20-29)28-12-16-32(17-13-28)36-19-4-2-7-26-23-34-24-26/h5,8-17,20,25-26H,1-4,6-7,18-19,21-24H2. The van der Waals surface area contributed by atoms with Crippen molar-refractivity contribution in [3.05, 3.63) is 72.8 Å². The Balaban J connectivity index is 1.08. The highest BCUT2D eigenvalue weighted by Gasteiger charge is 2.17. The molecule has 0 amide bonds. The summed E-state index contributed by atoms with van der Waals surface area (Å²) in [7, 11) is 0. The summed E-state index contributed by atoms with van der Waals surface area (Å²) in [6.07, 6.45) is 7.13. The predicted molar refractivity (Wildman–Crippen MR) is 145 cm³/mol. The molecular weight excluding hydrogens is 448 g/mol. The van der Waals surface area contributed by atoms with E-state index in [-0.39, 0.29) is 0 Å². The molecule has 5 rings (SSSR count). The lowest BCUT2D eigenvalue weighted by atomic mass is 9.99. The minimum Gasteiger partial charge on any atom is -0.494 e. The molecule has 2 heterocycles. The van der Waals surface area contributed by atoms with E-state index < -0.39 is 0 Å². The van der Waals surface area contributed by atoms with Crippen LogP contribution in [0.5, 0.6) is 11.5 Å². The van der Waals surface area contributed by atoms with Gasteiger partial charge in [0.1, 0.15) is 11.5 Å². The summed E-state index contributed by atoms with van der Waals surface area (Å²) < 4.78 is 22.4. The van der Waals surface area contributed by atoms with Gasteiger partial charge in [-0.05, 0) is 91.1 Å². The van der Waals surface area contributed by atoms with Gasteiger partial charge in [-0.2, -0.15) is 0 Å². The molecule has 3 aromatic carbocycles. The normalized spacial score (nSPS) is 15.8. The predicted octanol–water partition coefficient (Wildman–Crippen LogP) is 7.41. The van der Waals surface area contributed by atoms with Crippen LogP contribution in [-0.4, -0.2) is 39.6 Å². The largest absolute Gasteiger partial charge is 0.494 e. The molecule has 4 nitrogen and oxygen atoms in total. The molecule has 0 spiro atoms. The molecule has 0 saturated carbocycles. The average Bonchev–Trinajstić information content (AvgIpc) is 2.87. The van der Waals surface area contributed by atoms with Gasteiger partial charge in [0.2, 0.25) is 0 Å². The highest BCUT2D eigenvalue weighted by Crippen LogP contribution is 2.29. The van der Waals surface area contributed by atoms with Gasteiger partial charge < -0.3 is 18.9 Å². The molecule has 0 unspecified atom stereocenters. The van der Waals surface area contributed by atoms with Crippen molar-refractivity contribution in [2.75, 3.05) is 39.6 Å². The minimum absolute atomic E-state index is 0.776. The van der Waals surface area contributed by atoms with Gasteiger partial charge >= 0.3 is 0 Å². The van der Waals surface area contributed by atoms with Crippen LogP contribution in [0.2, 0.25) is 0 Å². The van der Waals surface area contributed by atoms with Crippen LogP contribution in [0.15, 0.2) is 72.8 Å². The number of hydrogen-bond donors (Lipinski definition) is 0. The molecule has 0 radical (unpaired) electrons. The van der Waals surface area contributed by atoms with E-state index in [9.17, 15) is 0 Å². The van der Waals surface area contributed by atoms with Crippen molar-refractivity contribution in [2.24, 2.45) is 11.8 Å². The van der Waals surface area contributed by atoms with Crippen molar-refractivity contribution in [3.8, 4) is 33.8 Å². The highest BCUT2D eigenvalue weighted by molar-refractivity contribution is 5.73. The summed E-state index contributed by atoms with van der Waals surface area (Å²) in [5, 5.41) is 0. The third-order valence-electron chi connectivity index (χ3n) is 7.20. The van der Waals surface area contributed by atoms with E-state index in [2.05, 4.69) is 72.8 Å². The van der Waals surface area contributed by atoms with Gasteiger partial charge in [0.15, 0.2) is 0 Å². The minimum atomic E-state index is 0.776. The summed E-state index contributed by atoms with van der Waals surface area (Å²) in [5.74, 6) is 3.43. The number of unbranched alkanes of at least 4 members (excludes halogenated alkanes) is 2. The van der Waals surface area contributed by atoms with E-state index in [1.54, 1.807) is 0 Å². The van der Waals surface area contributed by atoms with Crippen LogP contribution < -0.4 is 9.47 Å². The summed E-state index contributed by atoms with van der Waals surface area (Å²) in [5.41, 5.74) is 4.81. The van der Waals surface area contributed by atoms with Crippen LogP contribution in [-0.2, 0) is 9.47 Å². The van der Waals surface area contributed by atoms with Crippen LogP contribution in [0.4, 0.5) is 0 Å². The molecule has 36 heavy (non-hydrogen) atoms. The second kappa shape index (κ2) is 12.9. The molecule has 0 aliphatic carbocycles. The molecule has 0 N–H and O–H groups in total. The number of ether oxygens (including phenoxy) is 4. The molecule has 0 atom stereocenters. The Morgan fingerprint density at radius 3 is 1.36 bits per heavy atom. The third kappa shape index (κ3) is 7.11. The van der Waals surface area contributed by atoms with Crippen LogP contribution >= 0.6 is 0 Å². The maximum atomic E-state index is 5.95. The van der Waals surface area contributed by atoms with E-state index in [0.29, 0.717) is 0 Å². The summed E-state index contributed by atoms with van der Waals surface area (Å²) in [4.78, 5) is 0. The smallest absolute Gasteiger partial charge is 0.119 e. The number of benzene rings is 3. The Labute approximate surface area is 215 Å². The first-order chi connectivity index (χ1) is 17.8. The van der Waals surface area contributed by atoms with Crippen LogP contribution in [0.1, 0.15) is 38.5 Å². The van der Waals surface area contributed by atoms with E-state index in [1.807, 2.05) is 0 Å². The molecular formula is C32H38O4. The monoisotopic (exact) mass is 486 g/mol. The molecule has 0 aromatic heterocycles. The maximum Gasteiger partial charge on any atom is 0.119 e. The van der Waals surface area contributed by atoms with Crippen LogP contribution in [0.3, 0.4) is 0 Å². The fourth-order valence-corrected chi connectivity index (χ4v) is 4.72. The lowest BCUT2D eigenvalue weighted by Crippen LogP contribution is -2.27.